The van der Waals surface area contributed by atoms with Crippen LogP contribution >= 0.6 is 0 Å². The first-order chi connectivity index (χ1) is 13.8. The molecule has 0 aliphatic carbocycles. The summed E-state index contributed by atoms with van der Waals surface area (Å²) >= 11 is 0. The molecule has 0 aliphatic rings. The van der Waals surface area contributed by atoms with Gasteiger partial charge in [-0.25, -0.2) is 4.79 Å². The van der Waals surface area contributed by atoms with Gasteiger partial charge in [0.2, 0.25) is 11.8 Å². The Labute approximate surface area is 170 Å². The van der Waals surface area contributed by atoms with Gasteiger partial charge >= 0.3 is 5.97 Å². The number of nitrogens with zero attached hydrogens (tertiary/aromatic N) is 1. The van der Waals surface area contributed by atoms with Gasteiger partial charge in [-0.2, -0.15) is 0 Å². The third-order valence-electron chi connectivity index (χ3n) is 3.90. The van der Waals surface area contributed by atoms with Gasteiger partial charge in [-0.15, -0.1) is 0 Å². The van der Waals surface area contributed by atoms with Gasteiger partial charge in [-0.05, 0) is 57.2 Å². The maximum Gasteiger partial charge on any atom is 0.338 e. The number of carbonyl (C=O) groups is 3. The van der Waals surface area contributed by atoms with Crippen molar-refractivity contribution in [1.29, 1.82) is 0 Å². The van der Waals surface area contributed by atoms with Crippen molar-refractivity contribution in [1.82, 2.24) is 0 Å². The minimum atomic E-state index is -0.437. The quantitative estimate of drug-likeness (QED) is 0.686. The van der Waals surface area contributed by atoms with E-state index in [1.807, 2.05) is 19.9 Å². The normalized spacial score (nSPS) is 10.4. The minimum Gasteiger partial charge on any atom is -0.489 e. The first-order valence-electron chi connectivity index (χ1n) is 9.42. The van der Waals surface area contributed by atoms with Gasteiger partial charge in [0.1, 0.15) is 12.3 Å². The molecule has 2 aromatic carbocycles. The second kappa shape index (κ2) is 10.3. The van der Waals surface area contributed by atoms with Gasteiger partial charge in [0.25, 0.3) is 0 Å². The van der Waals surface area contributed by atoms with Crippen LogP contribution in [-0.2, 0) is 14.3 Å². The van der Waals surface area contributed by atoms with E-state index in [9.17, 15) is 14.4 Å². The van der Waals surface area contributed by atoms with Crippen LogP contribution in [0.25, 0.3) is 0 Å². The van der Waals surface area contributed by atoms with Crippen LogP contribution in [-0.4, -0.2) is 37.0 Å². The van der Waals surface area contributed by atoms with E-state index in [2.05, 4.69) is 5.32 Å². The van der Waals surface area contributed by atoms with Gasteiger partial charge in [-0.1, -0.05) is 12.1 Å². The zero-order valence-corrected chi connectivity index (χ0v) is 17.1. The molecule has 0 bridgehead atoms. The summed E-state index contributed by atoms with van der Waals surface area (Å²) in [6.07, 6.45) is -0.0420. The molecule has 0 heterocycles. The Balaban J connectivity index is 2.12. The molecule has 0 aliphatic heterocycles. The molecule has 1 N–H and O–H groups in total. The van der Waals surface area contributed by atoms with Crippen LogP contribution in [0.1, 0.15) is 38.1 Å². The number of hydrogen-bond acceptors (Lipinski definition) is 5. The van der Waals surface area contributed by atoms with Crippen LogP contribution in [0.5, 0.6) is 5.75 Å². The summed E-state index contributed by atoms with van der Waals surface area (Å²) in [6.45, 7) is 7.01. The van der Waals surface area contributed by atoms with Gasteiger partial charge in [0.05, 0.1) is 24.0 Å². The molecule has 0 atom stereocenters. The van der Waals surface area contributed by atoms with Crippen molar-refractivity contribution >= 4 is 29.2 Å². The molecule has 2 aromatic rings. The smallest absolute Gasteiger partial charge is 0.338 e. The van der Waals surface area contributed by atoms with Crippen LogP contribution in [0.15, 0.2) is 48.5 Å². The lowest BCUT2D eigenvalue weighted by Gasteiger charge is -2.21. The van der Waals surface area contributed by atoms with Gasteiger partial charge in [0, 0.05) is 12.6 Å². The fourth-order valence-corrected chi connectivity index (χ4v) is 2.64. The number of anilines is 2. The van der Waals surface area contributed by atoms with Crippen molar-refractivity contribution in [2.75, 3.05) is 23.4 Å². The first-order valence-corrected chi connectivity index (χ1v) is 9.42. The Bertz CT molecular complexity index is 862. The molecule has 7 nitrogen and oxygen atoms in total. The fraction of sp³-hybridized carbons (Fsp3) is 0.318. The third kappa shape index (κ3) is 6.34. The van der Waals surface area contributed by atoms with E-state index >= 15 is 0 Å². The Kier molecular flexibility index (Phi) is 7.77. The highest BCUT2D eigenvalue weighted by Crippen LogP contribution is 2.25. The summed E-state index contributed by atoms with van der Waals surface area (Å²) in [5.74, 6) is -0.540. The van der Waals surface area contributed by atoms with E-state index in [1.54, 1.807) is 49.4 Å². The van der Waals surface area contributed by atoms with Crippen LogP contribution in [0.2, 0.25) is 0 Å². The Hall–Kier alpha value is -3.35. The molecule has 0 saturated carbocycles. The van der Waals surface area contributed by atoms with E-state index in [-0.39, 0.29) is 31.1 Å². The first kappa shape index (κ1) is 21.9. The zero-order chi connectivity index (χ0) is 21.4. The molecular formula is C22H26N2O5. The minimum absolute atomic E-state index is 0.0420. The Morgan fingerprint density at radius 3 is 2.28 bits per heavy atom. The van der Waals surface area contributed by atoms with Crippen LogP contribution < -0.4 is 15.0 Å². The summed E-state index contributed by atoms with van der Waals surface area (Å²) in [5, 5.41) is 2.79. The number of amides is 2. The Morgan fingerprint density at radius 2 is 1.69 bits per heavy atom. The highest BCUT2D eigenvalue weighted by Gasteiger charge is 2.18. The van der Waals surface area contributed by atoms with Crippen molar-refractivity contribution in [3.8, 4) is 5.75 Å². The molecule has 0 radical (unpaired) electrons. The number of para-hydroxylation sites is 2. The van der Waals surface area contributed by atoms with E-state index in [1.165, 1.54) is 11.8 Å². The number of hydrogen-bond donors (Lipinski definition) is 1. The number of nitrogens with one attached hydrogen (secondary N) is 1. The summed E-state index contributed by atoms with van der Waals surface area (Å²) in [5.41, 5.74) is 1.42. The zero-order valence-electron chi connectivity index (χ0n) is 17.1. The number of esters is 1. The van der Waals surface area contributed by atoms with Crippen molar-refractivity contribution in [3.05, 3.63) is 54.1 Å². The fourth-order valence-electron chi connectivity index (χ4n) is 2.64. The molecular weight excluding hydrogens is 372 g/mol. The predicted molar refractivity (Wildman–Crippen MR) is 111 cm³/mol. The molecule has 2 amide bonds. The maximum atomic E-state index is 12.6. The SMILES string of the molecule is CCOC(=O)c1ccc(N(CC(=O)Nc2ccccc2OC(C)C)C(C)=O)cc1. The van der Waals surface area contributed by atoms with E-state index in [4.69, 9.17) is 9.47 Å². The van der Waals surface area contributed by atoms with Crippen molar-refractivity contribution in [2.45, 2.75) is 33.8 Å². The molecule has 0 aromatic heterocycles. The standard InChI is InChI=1S/C22H26N2O5/c1-5-28-22(27)17-10-12-18(13-11-17)24(16(4)25)14-21(26)23-19-8-6-7-9-20(19)29-15(2)3/h6-13,15H,5,14H2,1-4H3,(H,23,26). The molecule has 29 heavy (non-hydrogen) atoms. The molecule has 7 heteroatoms. The van der Waals surface area contributed by atoms with Gasteiger partial charge < -0.3 is 19.7 Å². The molecule has 2 rings (SSSR count). The van der Waals surface area contributed by atoms with E-state index in [0.717, 1.165) is 0 Å². The largest absolute Gasteiger partial charge is 0.489 e. The van der Waals surface area contributed by atoms with Crippen LogP contribution in [0.4, 0.5) is 11.4 Å². The predicted octanol–water partition coefficient (Wildman–Crippen LogP) is 3.64. The monoisotopic (exact) mass is 398 g/mol. The highest BCUT2D eigenvalue weighted by molar-refractivity contribution is 6.02. The third-order valence-corrected chi connectivity index (χ3v) is 3.90. The topological polar surface area (TPSA) is 84.9 Å². The molecule has 0 saturated heterocycles. The van der Waals surface area contributed by atoms with Crippen LogP contribution in [0.3, 0.4) is 0 Å². The highest BCUT2D eigenvalue weighted by atomic mass is 16.5. The van der Waals surface area contributed by atoms with Crippen molar-refractivity contribution in [2.24, 2.45) is 0 Å². The summed E-state index contributed by atoms with van der Waals surface area (Å²) in [7, 11) is 0. The van der Waals surface area contributed by atoms with E-state index in [0.29, 0.717) is 22.7 Å². The average molecular weight is 398 g/mol. The van der Waals surface area contributed by atoms with Crippen molar-refractivity contribution < 1.29 is 23.9 Å². The molecule has 154 valence electrons. The number of rotatable bonds is 8. The van der Waals surface area contributed by atoms with Gasteiger partial charge in [0.15, 0.2) is 0 Å². The number of benzene rings is 2. The summed E-state index contributed by atoms with van der Waals surface area (Å²) in [6, 6.07) is 13.5. The second-order valence-electron chi connectivity index (χ2n) is 6.58. The molecule has 0 unspecified atom stereocenters. The van der Waals surface area contributed by atoms with Crippen LogP contribution in [0, 0.1) is 0 Å². The average Bonchev–Trinajstić information content (AvgIpc) is 2.67. The van der Waals surface area contributed by atoms with E-state index < -0.39 is 5.97 Å². The summed E-state index contributed by atoms with van der Waals surface area (Å²) < 4.78 is 10.6. The number of carbonyl (C=O) groups excluding carboxylic acids is 3. The lowest BCUT2D eigenvalue weighted by atomic mass is 10.2. The van der Waals surface area contributed by atoms with Crippen molar-refractivity contribution in [3.63, 3.8) is 0 Å². The number of ether oxygens (including phenoxy) is 2. The molecule has 0 fully saturated rings. The lowest BCUT2D eigenvalue weighted by molar-refractivity contribution is -0.120. The maximum absolute atomic E-state index is 12.6. The Morgan fingerprint density at radius 1 is 1.03 bits per heavy atom. The summed E-state index contributed by atoms with van der Waals surface area (Å²) in [4.78, 5) is 37.8. The molecule has 0 spiro atoms. The lowest BCUT2D eigenvalue weighted by Crippen LogP contribution is -2.36. The van der Waals surface area contributed by atoms with Gasteiger partial charge in [-0.3, -0.25) is 9.59 Å². The second-order valence-corrected chi connectivity index (χ2v) is 6.58.